The fourth-order valence-electron chi connectivity index (χ4n) is 4.30. The molecule has 5 nitrogen and oxygen atoms in total. The van der Waals surface area contributed by atoms with Crippen molar-refractivity contribution in [1.29, 1.82) is 0 Å². The van der Waals surface area contributed by atoms with Crippen LogP contribution < -0.4 is 9.62 Å². The first-order valence-electron chi connectivity index (χ1n) is 11.0. The van der Waals surface area contributed by atoms with Crippen LogP contribution in [0.5, 0.6) is 0 Å². The minimum absolute atomic E-state index is 0.122. The fraction of sp³-hybridized carbons (Fsp3) is 0.240. The summed E-state index contributed by atoms with van der Waals surface area (Å²) in [6, 6.07) is 14.7. The molecule has 1 atom stereocenters. The van der Waals surface area contributed by atoms with Crippen LogP contribution in [-0.2, 0) is 22.0 Å². The van der Waals surface area contributed by atoms with Gasteiger partial charge in [0.05, 0.1) is 33.6 Å². The van der Waals surface area contributed by atoms with Crippen molar-refractivity contribution >= 4 is 33.2 Å². The summed E-state index contributed by atoms with van der Waals surface area (Å²) in [5.41, 5.74) is -0.450. The Morgan fingerprint density at radius 3 is 2.44 bits per heavy atom. The lowest BCUT2D eigenvalue weighted by atomic mass is 10.00. The predicted octanol–water partition coefficient (Wildman–Crippen LogP) is 6.10. The smallest absolute Gasteiger partial charge is 0.363 e. The van der Waals surface area contributed by atoms with Crippen LogP contribution in [0.25, 0.3) is 0 Å². The summed E-state index contributed by atoms with van der Waals surface area (Å²) in [7, 11) is -4.09. The molecule has 0 bridgehead atoms. The van der Waals surface area contributed by atoms with Gasteiger partial charge in [-0.15, -0.1) is 0 Å². The van der Waals surface area contributed by atoms with Gasteiger partial charge in [-0.25, -0.2) is 17.5 Å². The zero-order valence-corrected chi connectivity index (χ0v) is 20.3. The Kier molecular flexibility index (Phi) is 7.28. The summed E-state index contributed by atoms with van der Waals surface area (Å²) < 4.78 is 81.4. The maximum atomic E-state index is 15.5. The van der Waals surface area contributed by atoms with Crippen molar-refractivity contribution in [2.45, 2.75) is 30.8 Å². The molecule has 0 spiro atoms. The molecule has 3 aromatic rings. The van der Waals surface area contributed by atoms with Crippen LogP contribution in [0.1, 0.15) is 45.9 Å². The standard InChI is InChI=1S/C25H21ClF4N2O3S/c26-20-14-17(25(28,29)30)11-12-22(20)32-13-5-10-21(32)18-8-4-9-19(23(18)27)24(33)31-36(34,35)15-16-6-2-1-3-7-16/h1-4,6-9,11-12,14,21H,5,10,13,15H2,(H,31,33). The Balaban J connectivity index is 1.59. The second-order valence-corrected chi connectivity index (χ2v) is 10.5. The second-order valence-electron chi connectivity index (χ2n) is 8.40. The molecule has 1 N–H and O–H groups in total. The number of hydrogen-bond acceptors (Lipinski definition) is 4. The molecule has 4 rings (SSSR count). The van der Waals surface area contributed by atoms with E-state index in [1.54, 1.807) is 35.2 Å². The number of hydrogen-bond donors (Lipinski definition) is 1. The summed E-state index contributed by atoms with van der Waals surface area (Å²) in [4.78, 5) is 14.4. The zero-order valence-electron chi connectivity index (χ0n) is 18.7. The quantitative estimate of drug-likeness (QED) is 0.384. The van der Waals surface area contributed by atoms with Gasteiger partial charge in [-0.2, -0.15) is 13.2 Å². The zero-order chi connectivity index (χ0) is 26.1. The van der Waals surface area contributed by atoms with Gasteiger partial charge in [-0.05, 0) is 42.7 Å². The molecule has 1 aliphatic heterocycles. The van der Waals surface area contributed by atoms with E-state index in [1.807, 2.05) is 4.72 Å². The molecule has 0 aliphatic carbocycles. The van der Waals surface area contributed by atoms with Gasteiger partial charge in [0, 0.05) is 12.1 Å². The molecule has 36 heavy (non-hydrogen) atoms. The van der Waals surface area contributed by atoms with E-state index in [0.717, 1.165) is 12.1 Å². The van der Waals surface area contributed by atoms with E-state index in [0.29, 0.717) is 30.6 Å². The summed E-state index contributed by atoms with van der Waals surface area (Å²) in [5.74, 6) is -2.46. The normalized spacial score (nSPS) is 16.2. The van der Waals surface area contributed by atoms with E-state index in [1.165, 1.54) is 24.3 Å². The molecular formula is C25H21ClF4N2O3S. The number of nitrogens with one attached hydrogen (secondary N) is 1. The van der Waals surface area contributed by atoms with Gasteiger partial charge in [0.1, 0.15) is 5.82 Å². The van der Waals surface area contributed by atoms with Gasteiger partial charge in [0.25, 0.3) is 5.91 Å². The summed E-state index contributed by atoms with van der Waals surface area (Å²) >= 11 is 6.16. The van der Waals surface area contributed by atoms with Crippen LogP contribution in [0.4, 0.5) is 23.2 Å². The molecule has 3 aromatic carbocycles. The topological polar surface area (TPSA) is 66.5 Å². The van der Waals surface area contributed by atoms with Gasteiger partial charge in [-0.1, -0.05) is 54.1 Å². The van der Waals surface area contributed by atoms with Crippen molar-refractivity contribution < 1.29 is 30.8 Å². The van der Waals surface area contributed by atoms with Crippen LogP contribution in [-0.4, -0.2) is 20.9 Å². The van der Waals surface area contributed by atoms with Crippen LogP contribution >= 0.6 is 11.6 Å². The Morgan fingerprint density at radius 1 is 1.06 bits per heavy atom. The molecule has 190 valence electrons. The molecule has 11 heteroatoms. The second kappa shape index (κ2) is 10.1. The lowest BCUT2D eigenvalue weighted by Gasteiger charge is -2.29. The van der Waals surface area contributed by atoms with Crippen molar-refractivity contribution in [1.82, 2.24) is 4.72 Å². The van der Waals surface area contributed by atoms with Crippen LogP contribution in [0, 0.1) is 5.82 Å². The average molecular weight is 541 g/mol. The molecule has 0 aromatic heterocycles. The molecule has 1 aliphatic rings. The number of amides is 1. The van der Waals surface area contributed by atoms with Crippen LogP contribution in [0.15, 0.2) is 66.7 Å². The van der Waals surface area contributed by atoms with Crippen molar-refractivity contribution in [3.05, 3.63) is 99.8 Å². The molecule has 0 radical (unpaired) electrons. The molecule has 1 heterocycles. The highest BCUT2D eigenvalue weighted by Gasteiger charge is 2.34. The van der Waals surface area contributed by atoms with Gasteiger partial charge in [-0.3, -0.25) is 4.79 Å². The number of alkyl halides is 3. The molecular weight excluding hydrogens is 520 g/mol. The number of halogens is 5. The first-order valence-corrected chi connectivity index (χ1v) is 13.0. The maximum absolute atomic E-state index is 15.5. The highest BCUT2D eigenvalue weighted by molar-refractivity contribution is 7.89. The predicted molar refractivity (Wildman–Crippen MR) is 129 cm³/mol. The number of benzene rings is 3. The Hall–Kier alpha value is -3.11. The van der Waals surface area contributed by atoms with Gasteiger partial charge < -0.3 is 4.90 Å². The highest BCUT2D eigenvalue weighted by atomic mass is 35.5. The number of nitrogens with zero attached hydrogens (tertiary/aromatic N) is 1. The SMILES string of the molecule is O=C(NS(=O)(=O)Cc1ccccc1)c1cccc(C2CCCN2c2ccc(C(F)(F)F)cc2Cl)c1F. The molecule has 1 unspecified atom stereocenters. The van der Waals surface area contributed by atoms with E-state index in [9.17, 15) is 26.4 Å². The van der Waals surface area contributed by atoms with E-state index >= 15 is 4.39 Å². The van der Waals surface area contributed by atoms with Gasteiger partial charge >= 0.3 is 6.18 Å². The van der Waals surface area contributed by atoms with Gasteiger partial charge in [0.2, 0.25) is 10.0 Å². The minimum atomic E-state index is -4.55. The van der Waals surface area contributed by atoms with E-state index < -0.39 is 50.8 Å². The Morgan fingerprint density at radius 2 is 1.78 bits per heavy atom. The number of carbonyl (C=O) groups is 1. The largest absolute Gasteiger partial charge is 0.416 e. The lowest BCUT2D eigenvalue weighted by molar-refractivity contribution is -0.137. The van der Waals surface area contributed by atoms with E-state index in [-0.39, 0.29) is 10.6 Å². The third-order valence-electron chi connectivity index (χ3n) is 5.92. The van der Waals surface area contributed by atoms with Crippen molar-refractivity contribution in [2.24, 2.45) is 0 Å². The van der Waals surface area contributed by atoms with Crippen LogP contribution in [0.2, 0.25) is 5.02 Å². The third kappa shape index (κ3) is 5.65. The molecule has 0 saturated carbocycles. The van der Waals surface area contributed by atoms with Crippen molar-refractivity contribution in [3.63, 3.8) is 0 Å². The molecule has 1 saturated heterocycles. The lowest BCUT2D eigenvalue weighted by Crippen LogP contribution is -2.32. The number of carbonyl (C=O) groups excluding carboxylic acids is 1. The summed E-state index contributed by atoms with van der Waals surface area (Å²) in [6.07, 6.45) is -3.48. The summed E-state index contributed by atoms with van der Waals surface area (Å²) in [6.45, 7) is 0.414. The van der Waals surface area contributed by atoms with E-state index in [2.05, 4.69) is 0 Å². The Labute approximate surface area is 210 Å². The first-order chi connectivity index (χ1) is 17.0. The summed E-state index contributed by atoms with van der Waals surface area (Å²) in [5, 5.41) is -0.127. The maximum Gasteiger partial charge on any atom is 0.416 e. The van der Waals surface area contributed by atoms with Crippen molar-refractivity contribution in [2.75, 3.05) is 11.4 Å². The fourth-order valence-corrected chi connectivity index (χ4v) is 5.69. The molecule has 1 fully saturated rings. The van der Waals surface area contributed by atoms with Crippen molar-refractivity contribution in [3.8, 4) is 0 Å². The van der Waals surface area contributed by atoms with E-state index in [4.69, 9.17) is 11.6 Å². The number of rotatable bonds is 6. The Bertz CT molecular complexity index is 1380. The number of sulfonamides is 1. The van der Waals surface area contributed by atoms with Gasteiger partial charge in [0.15, 0.2) is 0 Å². The molecule has 1 amide bonds. The number of anilines is 1. The average Bonchev–Trinajstić information content (AvgIpc) is 3.27. The first kappa shape index (κ1) is 26.0. The third-order valence-corrected chi connectivity index (χ3v) is 7.43. The van der Waals surface area contributed by atoms with Crippen LogP contribution in [0.3, 0.4) is 0 Å². The monoisotopic (exact) mass is 540 g/mol. The minimum Gasteiger partial charge on any atom is -0.363 e. The highest BCUT2D eigenvalue weighted by Crippen LogP contribution is 2.42.